The summed E-state index contributed by atoms with van der Waals surface area (Å²) in [7, 11) is 0. The molecule has 0 unspecified atom stereocenters. The van der Waals surface area contributed by atoms with Crippen molar-refractivity contribution in [1.82, 2.24) is 10.2 Å². The molecule has 0 spiro atoms. The first-order valence-electron chi connectivity index (χ1n) is 11.5. The summed E-state index contributed by atoms with van der Waals surface area (Å²) in [6.45, 7) is 4.72. The summed E-state index contributed by atoms with van der Waals surface area (Å²) in [5.74, 6) is 1.70. The summed E-state index contributed by atoms with van der Waals surface area (Å²) in [6, 6.07) is 15.6. The van der Waals surface area contributed by atoms with Crippen LogP contribution in [-0.4, -0.2) is 37.0 Å². The number of nitrogens with zero attached hydrogens (tertiary/aromatic N) is 1. The lowest BCUT2D eigenvalue weighted by Gasteiger charge is -2.31. The first-order valence-corrected chi connectivity index (χ1v) is 11.9. The zero-order valence-corrected chi connectivity index (χ0v) is 18.5. The van der Waals surface area contributed by atoms with Crippen molar-refractivity contribution >= 4 is 17.5 Å². The van der Waals surface area contributed by atoms with E-state index in [1.165, 1.54) is 58.2 Å². The normalized spacial score (nSPS) is 22.2. The van der Waals surface area contributed by atoms with E-state index in [0.29, 0.717) is 0 Å². The van der Waals surface area contributed by atoms with Crippen molar-refractivity contribution in [3.05, 3.63) is 59.1 Å². The highest BCUT2D eigenvalue weighted by molar-refractivity contribution is 6.30. The topological polar surface area (TPSA) is 32.3 Å². The number of benzene rings is 2. The Bertz CT molecular complexity index is 804. The van der Waals surface area contributed by atoms with Crippen molar-refractivity contribution in [2.45, 2.75) is 44.9 Å². The Morgan fingerprint density at radius 1 is 0.867 bits per heavy atom. The highest BCUT2D eigenvalue weighted by Gasteiger charge is 2.24. The molecule has 3 nitrogen and oxygen atoms in total. The van der Waals surface area contributed by atoms with Gasteiger partial charge in [0.05, 0.1) is 0 Å². The molecule has 2 aromatic carbocycles. The number of carbonyl (C=O) groups is 1. The molecule has 30 heavy (non-hydrogen) atoms. The monoisotopic (exact) mass is 424 g/mol. The van der Waals surface area contributed by atoms with Crippen molar-refractivity contribution < 1.29 is 4.79 Å². The Balaban J connectivity index is 1.17. The molecule has 2 aromatic rings. The van der Waals surface area contributed by atoms with E-state index in [1.807, 2.05) is 48.5 Å². The predicted molar refractivity (Wildman–Crippen MR) is 125 cm³/mol. The van der Waals surface area contributed by atoms with Gasteiger partial charge in [0, 0.05) is 23.7 Å². The van der Waals surface area contributed by atoms with Crippen LogP contribution in [0, 0.1) is 11.8 Å². The molecule has 0 bridgehead atoms. The van der Waals surface area contributed by atoms with Crippen LogP contribution in [0.5, 0.6) is 0 Å². The number of hydrogen-bond donors (Lipinski definition) is 1. The van der Waals surface area contributed by atoms with Crippen LogP contribution in [0.1, 0.15) is 55.3 Å². The summed E-state index contributed by atoms with van der Waals surface area (Å²) < 4.78 is 0. The molecule has 1 amide bonds. The van der Waals surface area contributed by atoms with Crippen LogP contribution in [0.15, 0.2) is 48.5 Å². The highest BCUT2D eigenvalue weighted by Crippen LogP contribution is 2.31. The molecule has 1 saturated carbocycles. The zero-order valence-electron chi connectivity index (χ0n) is 17.8. The average molecular weight is 425 g/mol. The van der Waals surface area contributed by atoms with Crippen molar-refractivity contribution in [3.63, 3.8) is 0 Å². The van der Waals surface area contributed by atoms with Gasteiger partial charge in [-0.2, -0.15) is 0 Å². The molecular weight excluding hydrogens is 392 g/mol. The minimum Gasteiger partial charge on any atom is -0.352 e. The van der Waals surface area contributed by atoms with Gasteiger partial charge >= 0.3 is 0 Å². The van der Waals surface area contributed by atoms with Gasteiger partial charge in [0.2, 0.25) is 0 Å². The van der Waals surface area contributed by atoms with Crippen molar-refractivity contribution in [2.75, 3.05) is 26.2 Å². The molecule has 1 aliphatic carbocycles. The van der Waals surface area contributed by atoms with Crippen molar-refractivity contribution in [1.29, 1.82) is 0 Å². The Kier molecular flexibility index (Phi) is 7.46. The first-order chi connectivity index (χ1) is 14.7. The van der Waals surface area contributed by atoms with E-state index in [0.717, 1.165) is 46.5 Å². The molecule has 2 aliphatic rings. The second kappa shape index (κ2) is 10.5. The van der Waals surface area contributed by atoms with Crippen molar-refractivity contribution in [2.24, 2.45) is 11.8 Å². The van der Waals surface area contributed by atoms with Gasteiger partial charge in [-0.05, 0) is 92.4 Å². The molecule has 4 rings (SSSR count). The van der Waals surface area contributed by atoms with E-state index in [2.05, 4.69) is 10.2 Å². The van der Waals surface area contributed by atoms with Gasteiger partial charge in [0.15, 0.2) is 0 Å². The molecular formula is C26H33ClN2O. The van der Waals surface area contributed by atoms with Crippen LogP contribution >= 0.6 is 11.6 Å². The third kappa shape index (κ3) is 5.86. The molecule has 0 atom stereocenters. The number of likely N-dealkylation sites (tertiary alicyclic amines) is 1. The molecule has 0 radical (unpaired) electrons. The summed E-state index contributed by atoms with van der Waals surface area (Å²) in [4.78, 5) is 15.1. The number of amides is 1. The fourth-order valence-electron chi connectivity index (χ4n) is 4.98. The molecule has 1 aliphatic heterocycles. The van der Waals surface area contributed by atoms with Crippen LogP contribution in [0.3, 0.4) is 0 Å². The fourth-order valence-corrected chi connectivity index (χ4v) is 5.11. The third-order valence-electron chi connectivity index (χ3n) is 6.84. The third-order valence-corrected chi connectivity index (χ3v) is 7.10. The maximum absolute atomic E-state index is 12.5. The molecule has 1 N–H and O–H groups in total. The summed E-state index contributed by atoms with van der Waals surface area (Å²) >= 11 is 5.96. The first kappa shape index (κ1) is 21.4. The van der Waals surface area contributed by atoms with Gasteiger partial charge < -0.3 is 10.2 Å². The molecule has 1 saturated heterocycles. The number of hydrogen-bond acceptors (Lipinski definition) is 2. The number of rotatable bonds is 7. The minimum atomic E-state index is 0.0281. The fraction of sp³-hybridized carbons (Fsp3) is 0.500. The Morgan fingerprint density at radius 3 is 2.07 bits per heavy atom. The van der Waals surface area contributed by atoms with E-state index >= 15 is 0 Å². The van der Waals surface area contributed by atoms with E-state index in [9.17, 15) is 4.79 Å². The summed E-state index contributed by atoms with van der Waals surface area (Å²) in [5.41, 5.74) is 2.92. The highest BCUT2D eigenvalue weighted by atomic mass is 35.5. The van der Waals surface area contributed by atoms with Crippen LogP contribution < -0.4 is 5.32 Å². The maximum atomic E-state index is 12.5. The van der Waals surface area contributed by atoms with Gasteiger partial charge in [-0.25, -0.2) is 0 Å². The molecule has 2 fully saturated rings. The molecule has 4 heteroatoms. The Labute approximate surface area is 185 Å². The number of nitrogens with one attached hydrogen (secondary N) is 1. The van der Waals surface area contributed by atoms with E-state index in [1.54, 1.807) is 0 Å². The zero-order chi connectivity index (χ0) is 20.8. The van der Waals surface area contributed by atoms with Crippen LogP contribution in [0.4, 0.5) is 0 Å². The van der Waals surface area contributed by atoms with E-state index < -0.39 is 0 Å². The van der Waals surface area contributed by atoms with Gasteiger partial charge in [-0.3, -0.25) is 4.79 Å². The average Bonchev–Trinajstić information content (AvgIpc) is 3.29. The second-order valence-electron chi connectivity index (χ2n) is 9.02. The van der Waals surface area contributed by atoms with Crippen molar-refractivity contribution in [3.8, 4) is 11.1 Å². The standard InChI is InChI=1S/C26H33ClN2O/c27-25-13-11-23(12-14-25)22-7-9-24(10-8-22)26(30)28-16-15-20-3-5-21(6-4-20)19-29-17-1-2-18-29/h7-14,20-21H,1-6,15-19H2,(H,28,30). The smallest absolute Gasteiger partial charge is 0.251 e. The van der Waals surface area contributed by atoms with E-state index in [4.69, 9.17) is 11.6 Å². The van der Waals surface area contributed by atoms with Gasteiger partial charge in [0.25, 0.3) is 5.91 Å². The van der Waals surface area contributed by atoms with Crippen LogP contribution in [-0.2, 0) is 0 Å². The summed E-state index contributed by atoms with van der Waals surface area (Å²) in [5, 5.41) is 3.85. The van der Waals surface area contributed by atoms with Crippen LogP contribution in [0.2, 0.25) is 5.02 Å². The Morgan fingerprint density at radius 2 is 1.43 bits per heavy atom. The lowest BCUT2D eigenvalue weighted by Crippen LogP contribution is -2.30. The number of carbonyl (C=O) groups excluding carboxylic acids is 1. The lowest BCUT2D eigenvalue weighted by molar-refractivity contribution is 0.0949. The van der Waals surface area contributed by atoms with Crippen LogP contribution in [0.25, 0.3) is 11.1 Å². The quantitative estimate of drug-likeness (QED) is 0.588. The van der Waals surface area contributed by atoms with Gasteiger partial charge in [-0.1, -0.05) is 48.7 Å². The maximum Gasteiger partial charge on any atom is 0.251 e. The molecule has 1 heterocycles. The van der Waals surface area contributed by atoms with E-state index in [-0.39, 0.29) is 5.91 Å². The summed E-state index contributed by atoms with van der Waals surface area (Å²) in [6.07, 6.45) is 9.25. The largest absolute Gasteiger partial charge is 0.352 e. The predicted octanol–water partition coefficient (Wildman–Crippen LogP) is 6.03. The minimum absolute atomic E-state index is 0.0281. The lowest BCUT2D eigenvalue weighted by atomic mass is 9.80. The van der Waals surface area contributed by atoms with Gasteiger partial charge in [0.1, 0.15) is 0 Å². The SMILES string of the molecule is O=C(NCCC1CCC(CN2CCCC2)CC1)c1ccc(-c2ccc(Cl)cc2)cc1. The molecule has 0 aromatic heterocycles. The number of halogens is 1. The van der Waals surface area contributed by atoms with Gasteiger partial charge in [-0.15, -0.1) is 0 Å². The Hall–Kier alpha value is -1.84. The second-order valence-corrected chi connectivity index (χ2v) is 9.46. The molecule has 160 valence electrons.